The van der Waals surface area contributed by atoms with Crippen molar-refractivity contribution in [2.24, 2.45) is 0 Å². The van der Waals surface area contributed by atoms with Crippen molar-refractivity contribution in [2.75, 3.05) is 0 Å². The van der Waals surface area contributed by atoms with E-state index in [1.807, 2.05) is 0 Å². The summed E-state index contributed by atoms with van der Waals surface area (Å²) in [6.07, 6.45) is 0. The molecule has 15 heavy (non-hydrogen) atoms. The third-order valence-electron chi connectivity index (χ3n) is 1.97. The molecule has 0 atom stereocenters. The number of halogens is 1. The predicted octanol–water partition coefficient (Wildman–Crippen LogP) is 0.864. The van der Waals surface area contributed by atoms with Gasteiger partial charge in [-0.2, -0.15) is 0 Å². The molecule has 1 aromatic heterocycles. The summed E-state index contributed by atoms with van der Waals surface area (Å²) in [5.74, 6) is -2.29. The van der Waals surface area contributed by atoms with Gasteiger partial charge < -0.3 is 15.5 Å². The first-order valence-corrected chi connectivity index (χ1v) is 4.26. The van der Waals surface area contributed by atoms with E-state index in [1.54, 1.807) is 0 Å². The van der Waals surface area contributed by atoms with Crippen molar-refractivity contribution in [3.63, 3.8) is 0 Å². The molecule has 0 radical (unpaired) electrons. The van der Waals surface area contributed by atoms with Gasteiger partial charge in [0.25, 0.3) is 0 Å². The van der Waals surface area contributed by atoms with Gasteiger partial charge in [-0.1, -0.05) is 11.6 Å². The number of carboxylic acid groups (broad SMARTS) is 1. The van der Waals surface area contributed by atoms with Crippen molar-refractivity contribution in [3.05, 3.63) is 34.3 Å². The highest BCUT2D eigenvalue weighted by atomic mass is 35.5. The summed E-state index contributed by atoms with van der Waals surface area (Å²) in [4.78, 5) is 10.7. The highest BCUT2D eigenvalue weighted by Gasteiger charge is 2.27. The van der Waals surface area contributed by atoms with Crippen molar-refractivity contribution in [3.8, 4) is 0 Å². The van der Waals surface area contributed by atoms with Crippen LogP contribution in [0.1, 0.15) is 10.6 Å². The number of nitrogens with zero attached hydrogens (tertiary/aromatic N) is 2. The fourth-order valence-electron chi connectivity index (χ4n) is 1.33. The third kappa shape index (κ3) is 1.26. The average molecular weight is 229 g/mol. The molecule has 0 spiro atoms. The number of benzene rings is 1. The van der Waals surface area contributed by atoms with Crippen LogP contribution in [0.5, 0.6) is 0 Å². The minimum atomic E-state index is -1.51. The summed E-state index contributed by atoms with van der Waals surface area (Å²) < 4.78 is 0.435. The molecule has 0 unspecified atom stereocenters. The number of hydrogen-bond acceptors (Lipinski definition) is 3. The first kappa shape index (κ1) is 9.60. The molecular formula is C8H5ClN2O4. The molecule has 0 bridgehead atoms. The maximum absolute atomic E-state index is 11.4. The minimum Gasteiger partial charge on any atom is -0.710 e. The Bertz CT molecular complexity index is 563. The van der Waals surface area contributed by atoms with Crippen molar-refractivity contribution in [2.45, 2.75) is 0 Å². The zero-order valence-electron chi connectivity index (χ0n) is 7.22. The van der Waals surface area contributed by atoms with Crippen LogP contribution in [0.4, 0.5) is 0 Å². The molecular weight excluding hydrogens is 224 g/mol. The first-order chi connectivity index (χ1) is 7.02. The Balaban J connectivity index is 2.91. The van der Waals surface area contributed by atoms with Gasteiger partial charge in [0.1, 0.15) is 0 Å². The summed E-state index contributed by atoms with van der Waals surface area (Å²) in [5, 5.41) is 29.8. The standard InChI is InChI=1S/C8H5ClN2O4/c9-4-1-2-5-6(3-4)11(15)7(8(12)13)10(5)14/h1-3,15H,(H,12,13). The van der Waals surface area contributed by atoms with E-state index in [4.69, 9.17) is 16.7 Å². The molecule has 0 aliphatic heterocycles. The highest BCUT2D eigenvalue weighted by Crippen LogP contribution is 2.18. The maximum Gasteiger partial charge on any atom is 0.424 e. The van der Waals surface area contributed by atoms with Crippen LogP contribution >= 0.6 is 11.6 Å². The number of rotatable bonds is 1. The summed E-state index contributed by atoms with van der Waals surface area (Å²) in [6.45, 7) is 0. The SMILES string of the molecule is O=C(O)c1n(O)c2cc(Cl)ccc2[n+]1[O-]. The van der Waals surface area contributed by atoms with Crippen LogP contribution in [0.2, 0.25) is 5.02 Å². The number of carboxylic acids is 1. The molecule has 1 heterocycles. The normalized spacial score (nSPS) is 10.7. The molecule has 0 saturated heterocycles. The summed E-state index contributed by atoms with van der Waals surface area (Å²) in [5.41, 5.74) is 0.0919. The Labute approximate surface area is 88.1 Å². The fourth-order valence-corrected chi connectivity index (χ4v) is 1.50. The Morgan fingerprint density at radius 1 is 1.53 bits per heavy atom. The lowest BCUT2D eigenvalue weighted by Crippen LogP contribution is -2.34. The second-order valence-electron chi connectivity index (χ2n) is 2.87. The van der Waals surface area contributed by atoms with E-state index in [-0.39, 0.29) is 15.8 Å². The van der Waals surface area contributed by atoms with Crippen LogP contribution in [-0.4, -0.2) is 21.0 Å². The van der Waals surface area contributed by atoms with E-state index < -0.39 is 11.8 Å². The molecule has 7 heteroatoms. The molecule has 0 amide bonds. The quantitative estimate of drug-likeness (QED) is 0.430. The monoisotopic (exact) mass is 228 g/mol. The Morgan fingerprint density at radius 2 is 2.20 bits per heavy atom. The van der Waals surface area contributed by atoms with Gasteiger partial charge in [0, 0.05) is 11.1 Å². The smallest absolute Gasteiger partial charge is 0.424 e. The van der Waals surface area contributed by atoms with E-state index in [1.165, 1.54) is 18.2 Å². The lowest BCUT2D eigenvalue weighted by molar-refractivity contribution is -0.583. The van der Waals surface area contributed by atoms with Crippen molar-refractivity contribution < 1.29 is 19.8 Å². The number of fused-ring (bicyclic) bond motifs is 1. The molecule has 2 rings (SSSR count). The predicted molar refractivity (Wildman–Crippen MR) is 50.1 cm³/mol. The number of carbonyl (C=O) groups is 1. The van der Waals surface area contributed by atoms with Crippen LogP contribution in [-0.2, 0) is 0 Å². The van der Waals surface area contributed by atoms with Crippen LogP contribution in [0.15, 0.2) is 18.2 Å². The van der Waals surface area contributed by atoms with Crippen LogP contribution in [0.3, 0.4) is 0 Å². The molecule has 2 N–H and O–H groups in total. The van der Waals surface area contributed by atoms with Crippen molar-refractivity contribution >= 4 is 28.6 Å². The maximum atomic E-state index is 11.4. The Kier molecular flexibility index (Phi) is 1.94. The Hall–Kier alpha value is -1.95. The second-order valence-corrected chi connectivity index (χ2v) is 3.30. The van der Waals surface area contributed by atoms with Crippen LogP contribution < -0.4 is 4.73 Å². The van der Waals surface area contributed by atoms with E-state index in [9.17, 15) is 15.2 Å². The largest absolute Gasteiger partial charge is 0.710 e. The van der Waals surface area contributed by atoms with Gasteiger partial charge in [-0.05, 0) is 16.9 Å². The summed E-state index contributed by atoms with van der Waals surface area (Å²) in [6, 6.07) is 4.07. The summed E-state index contributed by atoms with van der Waals surface area (Å²) in [7, 11) is 0. The average Bonchev–Trinajstić information content (AvgIpc) is 2.39. The topological polar surface area (TPSA) is 89.4 Å². The van der Waals surface area contributed by atoms with Gasteiger partial charge >= 0.3 is 11.8 Å². The third-order valence-corrected chi connectivity index (χ3v) is 2.20. The lowest BCUT2D eigenvalue weighted by Gasteiger charge is -1.97. The number of hydrogen-bond donors (Lipinski definition) is 2. The van der Waals surface area contributed by atoms with Gasteiger partial charge in [-0.3, -0.25) is 0 Å². The Morgan fingerprint density at radius 3 is 2.80 bits per heavy atom. The highest BCUT2D eigenvalue weighted by molar-refractivity contribution is 6.31. The summed E-state index contributed by atoms with van der Waals surface area (Å²) >= 11 is 5.65. The number of imidazole rings is 1. The van der Waals surface area contributed by atoms with Crippen molar-refractivity contribution in [1.29, 1.82) is 0 Å². The molecule has 2 aromatic rings. The number of aromatic carboxylic acids is 1. The molecule has 0 aliphatic carbocycles. The van der Waals surface area contributed by atoms with E-state index >= 15 is 0 Å². The van der Waals surface area contributed by atoms with E-state index in [2.05, 4.69) is 0 Å². The zero-order chi connectivity index (χ0) is 11.2. The molecule has 6 nitrogen and oxygen atoms in total. The van der Waals surface area contributed by atoms with Crippen LogP contribution in [0, 0.1) is 5.21 Å². The second kappa shape index (κ2) is 3.03. The van der Waals surface area contributed by atoms with Gasteiger partial charge in [0.05, 0.1) is 0 Å². The van der Waals surface area contributed by atoms with Gasteiger partial charge in [0.2, 0.25) is 5.52 Å². The van der Waals surface area contributed by atoms with Gasteiger partial charge in [0.15, 0.2) is 5.52 Å². The fraction of sp³-hybridized carbons (Fsp3) is 0. The molecule has 1 aromatic carbocycles. The molecule has 0 aliphatic rings. The number of aromatic nitrogens is 2. The van der Waals surface area contributed by atoms with E-state index in [0.717, 1.165) is 0 Å². The molecule has 78 valence electrons. The van der Waals surface area contributed by atoms with E-state index in [0.29, 0.717) is 9.75 Å². The minimum absolute atomic E-state index is 0.0410. The zero-order valence-corrected chi connectivity index (χ0v) is 7.97. The lowest BCUT2D eigenvalue weighted by atomic mass is 10.3. The van der Waals surface area contributed by atoms with Gasteiger partial charge in [-0.25, -0.2) is 9.52 Å². The van der Waals surface area contributed by atoms with Crippen molar-refractivity contribution in [1.82, 2.24) is 4.73 Å². The van der Waals surface area contributed by atoms with Crippen LogP contribution in [0.25, 0.3) is 11.0 Å². The van der Waals surface area contributed by atoms with Gasteiger partial charge in [-0.15, -0.1) is 0 Å². The first-order valence-electron chi connectivity index (χ1n) is 3.88. The molecule has 0 saturated carbocycles. The molecule has 0 fully saturated rings.